The topological polar surface area (TPSA) is 58.6 Å². The van der Waals surface area contributed by atoms with E-state index < -0.39 is 0 Å². The second-order valence-electron chi connectivity index (χ2n) is 4.54. The summed E-state index contributed by atoms with van der Waals surface area (Å²) in [6.07, 6.45) is 0. The predicted molar refractivity (Wildman–Crippen MR) is 78.0 cm³/mol. The third-order valence-corrected chi connectivity index (χ3v) is 3.06. The van der Waals surface area contributed by atoms with Crippen LogP contribution in [0.4, 0.5) is 5.69 Å². The van der Waals surface area contributed by atoms with Crippen molar-refractivity contribution in [3.8, 4) is 5.75 Å². The number of carbonyl (C=O) groups excluding carboxylic acids is 1. The SMILES string of the molecule is COC(=O)c1ccc(CNc2ccc(O)cc2)cc1C. The maximum atomic E-state index is 11.5. The van der Waals surface area contributed by atoms with Crippen LogP contribution in [0.1, 0.15) is 21.5 Å². The summed E-state index contributed by atoms with van der Waals surface area (Å²) in [5.74, 6) is -0.0747. The number of rotatable bonds is 4. The van der Waals surface area contributed by atoms with Crippen molar-refractivity contribution in [1.29, 1.82) is 0 Å². The van der Waals surface area contributed by atoms with Gasteiger partial charge in [-0.1, -0.05) is 12.1 Å². The lowest BCUT2D eigenvalue weighted by molar-refractivity contribution is 0.0600. The van der Waals surface area contributed by atoms with E-state index in [-0.39, 0.29) is 11.7 Å². The molecule has 104 valence electrons. The van der Waals surface area contributed by atoms with Crippen molar-refractivity contribution in [2.45, 2.75) is 13.5 Å². The highest BCUT2D eigenvalue weighted by Gasteiger charge is 2.08. The molecule has 0 aromatic heterocycles. The second kappa shape index (κ2) is 6.10. The van der Waals surface area contributed by atoms with Gasteiger partial charge in [-0.05, 0) is 48.4 Å². The van der Waals surface area contributed by atoms with Crippen molar-refractivity contribution >= 4 is 11.7 Å². The van der Waals surface area contributed by atoms with Crippen LogP contribution in [0.15, 0.2) is 42.5 Å². The van der Waals surface area contributed by atoms with Crippen molar-refractivity contribution in [1.82, 2.24) is 0 Å². The predicted octanol–water partition coefficient (Wildman–Crippen LogP) is 3.10. The van der Waals surface area contributed by atoms with Crippen LogP contribution >= 0.6 is 0 Å². The zero-order valence-corrected chi connectivity index (χ0v) is 11.5. The molecule has 0 fully saturated rings. The molecule has 0 aliphatic carbocycles. The number of carbonyl (C=O) groups is 1. The Morgan fingerprint density at radius 1 is 1.20 bits per heavy atom. The molecule has 0 heterocycles. The molecular formula is C16H17NO3. The molecule has 4 heteroatoms. The summed E-state index contributed by atoms with van der Waals surface area (Å²) in [4.78, 5) is 11.5. The molecule has 0 aliphatic rings. The van der Waals surface area contributed by atoms with Crippen LogP contribution in [-0.4, -0.2) is 18.2 Å². The van der Waals surface area contributed by atoms with E-state index in [1.165, 1.54) is 7.11 Å². The van der Waals surface area contributed by atoms with Gasteiger partial charge in [0.1, 0.15) is 5.75 Å². The molecule has 0 amide bonds. The number of phenolic OH excluding ortho intramolecular Hbond substituents is 1. The fraction of sp³-hybridized carbons (Fsp3) is 0.188. The fourth-order valence-electron chi connectivity index (χ4n) is 1.96. The third-order valence-electron chi connectivity index (χ3n) is 3.06. The quantitative estimate of drug-likeness (QED) is 0.662. The van der Waals surface area contributed by atoms with E-state index in [4.69, 9.17) is 4.74 Å². The minimum atomic E-state index is -0.319. The lowest BCUT2D eigenvalue weighted by Gasteiger charge is -2.09. The highest BCUT2D eigenvalue weighted by atomic mass is 16.5. The monoisotopic (exact) mass is 271 g/mol. The summed E-state index contributed by atoms with van der Waals surface area (Å²) in [5, 5.41) is 12.5. The Morgan fingerprint density at radius 2 is 1.90 bits per heavy atom. The van der Waals surface area contributed by atoms with Crippen molar-refractivity contribution in [2.75, 3.05) is 12.4 Å². The minimum Gasteiger partial charge on any atom is -0.508 e. The first kappa shape index (κ1) is 13.9. The van der Waals surface area contributed by atoms with Gasteiger partial charge in [0, 0.05) is 12.2 Å². The summed E-state index contributed by atoms with van der Waals surface area (Å²) in [6, 6.07) is 12.5. The Morgan fingerprint density at radius 3 is 2.50 bits per heavy atom. The fourth-order valence-corrected chi connectivity index (χ4v) is 1.96. The molecule has 0 aliphatic heterocycles. The smallest absolute Gasteiger partial charge is 0.338 e. The van der Waals surface area contributed by atoms with E-state index in [0.717, 1.165) is 16.8 Å². The van der Waals surface area contributed by atoms with E-state index in [2.05, 4.69) is 5.32 Å². The van der Waals surface area contributed by atoms with Crippen LogP contribution in [0, 0.1) is 6.92 Å². The molecular weight excluding hydrogens is 254 g/mol. The Kier molecular flexibility index (Phi) is 4.25. The summed E-state index contributed by atoms with van der Waals surface area (Å²) in [6.45, 7) is 2.53. The van der Waals surface area contributed by atoms with Gasteiger partial charge in [-0.25, -0.2) is 4.79 Å². The van der Waals surface area contributed by atoms with Crippen molar-refractivity contribution < 1.29 is 14.6 Å². The first-order chi connectivity index (χ1) is 9.60. The average Bonchev–Trinajstić information content (AvgIpc) is 2.46. The number of ether oxygens (including phenoxy) is 1. The number of hydrogen-bond acceptors (Lipinski definition) is 4. The normalized spacial score (nSPS) is 10.1. The summed E-state index contributed by atoms with van der Waals surface area (Å²) in [5.41, 5.74) is 3.48. The van der Waals surface area contributed by atoms with Gasteiger partial charge in [-0.15, -0.1) is 0 Å². The zero-order chi connectivity index (χ0) is 14.5. The molecule has 0 radical (unpaired) electrons. The molecule has 2 rings (SSSR count). The summed E-state index contributed by atoms with van der Waals surface area (Å²) in [7, 11) is 1.38. The highest BCUT2D eigenvalue weighted by Crippen LogP contribution is 2.16. The van der Waals surface area contributed by atoms with Crippen LogP contribution < -0.4 is 5.32 Å². The van der Waals surface area contributed by atoms with Crippen LogP contribution in [0.25, 0.3) is 0 Å². The molecule has 20 heavy (non-hydrogen) atoms. The molecule has 0 bridgehead atoms. The molecule has 0 atom stereocenters. The minimum absolute atomic E-state index is 0.244. The van der Waals surface area contributed by atoms with Gasteiger partial charge in [-0.3, -0.25) is 0 Å². The summed E-state index contributed by atoms with van der Waals surface area (Å²) < 4.78 is 4.72. The molecule has 2 aromatic carbocycles. The molecule has 0 spiro atoms. The molecule has 4 nitrogen and oxygen atoms in total. The van der Waals surface area contributed by atoms with Gasteiger partial charge in [0.05, 0.1) is 12.7 Å². The molecule has 0 saturated carbocycles. The first-order valence-electron chi connectivity index (χ1n) is 6.31. The van der Waals surface area contributed by atoms with E-state index in [1.807, 2.05) is 31.2 Å². The second-order valence-corrected chi connectivity index (χ2v) is 4.54. The van der Waals surface area contributed by atoms with Crippen LogP contribution in [0.2, 0.25) is 0 Å². The number of esters is 1. The third kappa shape index (κ3) is 3.29. The van der Waals surface area contributed by atoms with Crippen LogP contribution in [0.5, 0.6) is 5.75 Å². The maximum absolute atomic E-state index is 11.5. The number of benzene rings is 2. The van der Waals surface area contributed by atoms with Crippen molar-refractivity contribution in [2.24, 2.45) is 0 Å². The standard InChI is InChI=1S/C16H17NO3/c1-11-9-12(3-8-15(11)16(19)20-2)10-17-13-4-6-14(18)7-5-13/h3-9,17-18H,10H2,1-2H3. The zero-order valence-electron chi connectivity index (χ0n) is 11.5. The lowest BCUT2D eigenvalue weighted by atomic mass is 10.1. The molecule has 2 N–H and O–H groups in total. The van der Waals surface area contributed by atoms with Gasteiger partial charge in [-0.2, -0.15) is 0 Å². The number of anilines is 1. The number of aryl methyl sites for hydroxylation is 1. The van der Waals surface area contributed by atoms with Crippen LogP contribution in [-0.2, 0) is 11.3 Å². The summed E-state index contributed by atoms with van der Waals surface area (Å²) >= 11 is 0. The Balaban J connectivity index is 2.05. The van der Waals surface area contributed by atoms with Gasteiger partial charge in [0.15, 0.2) is 0 Å². The maximum Gasteiger partial charge on any atom is 0.338 e. The highest BCUT2D eigenvalue weighted by molar-refractivity contribution is 5.90. The van der Waals surface area contributed by atoms with Crippen molar-refractivity contribution in [3.05, 3.63) is 59.2 Å². The van der Waals surface area contributed by atoms with Gasteiger partial charge >= 0.3 is 5.97 Å². The lowest BCUT2D eigenvalue weighted by Crippen LogP contribution is -2.05. The molecule has 0 saturated heterocycles. The van der Waals surface area contributed by atoms with E-state index in [1.54, 1.807) is 18.2 Å². The molecule has 0 unspecified atom stereocenters. The molecule has 2 aromatic rings. The van der Waals surface area contributed by atoms with Gasteiger partial charge in [0.25, 0.3) is 0 Å². The number of methoxy groups -OCH3 is 1. The number of nitrogens with one attached hydrogen (secondary N) is 1. The largest absolute Gasteiger partial charge is 0.508 e. The van der Waals surface area contributed by atoms with Crippen molar-refractivity contribution in [3.63, 3.8) is 0 Å². The van der Waals surface area contributed by atoms with Gasteiger partial charge in [0.2, 0.25) is 0 Å². The Bertz CT molecular complexity index is 606. The Labute approximate surface area is 118 Å². The van der Waals surface area contributed by atoms with Crippen LogP contribution in [0.3, 0.4) is 0 Å². The van der Waals surface area contributed by atoms with E-state index >= 15 is 0 Å². The van der Waals surface area contributed by atoms with E-state index in [9.17, 15) is 9.90 Å². The Hall–Kier alpha value is -2.49. The van der Waals surface area contributed by atoms with E-state index in [0.29, 0.717) is 12.1 Å². The first-order valence-corrected chi connectivity index (χ1v) is 6.31. The number of hydrogen-bond donors (Lipinski definition) is 2. The number of aromatic hydroxyl groups is 1. The van der Waals surface area contributed by atoms with Gasteiger partial charge < -0.3 is 15.2 Å². The number of phenols is 1. The average molecular weight is 271 g/mol.